The monoisotopic (exact) mass is 915 g/mol. The molecule has 2 heteroatoms. The minimum Gasteiger partial charge on any atom is -0.331 e. The highest BCUT2D eigenvalue weighted by molar-refractivity contribution is 5.83. The van der Waals surface area contributed by atoms with Crippen molar-refractivity contribution in [3.05, 3.63) is 250 Å². The molecule has 1 aliphatic rings. The van der Waals surface area contributed by atoms with Gasteiger partial charge >= 0.3 is 0 Å². The molecule has 0 N–H and O–H groups in total. The Hall–Kier alpha value is -7.16. The van der Waals surface area contributed by atoms with Crippen LogP contribution < -0.4 is 9.80 Å². The van der Waals surface area contributed by atoms with E-state index in [-0.39, 0.29) is 22.4 Å². The Bertz CT molecular complexity index is 3090. The lowest BCUT2D eigenvalue weighted by atomic mass is 9.73. The van der Waals surface area contributed by atoms with Crippen LogP contribution in [-0.2, 0) is 16.5 Å². The fourth-order valence-electron chi connectivity index (χ4n) is 11.4. The molecule has 0 saturated heterocycles. The predicted molar refractivity (Wildman–Crippen MR) is 303 cm³/mol. The molecule has 0 aromatic heterocycles. The highest BCUT2D eigenvalue weighted by atomic mass is 15.2. The van der Waals surface area contributed by atoms with E-state index in [2.05, 4.69) is 291 Å². The van der Waals surface area contributed by atoms with Crippen molar-refractivity contribution in [3.8, 4) is 11.1 Å². The Morgan fingerprint density at radius 1 is 0.457 bits per heavy atom. The van der Waals surface area contributed by atoms with Gasteiger partial charge in [0, 0.05) is 28.2 Å². The van der Waals surface area contributed by atoms with Crippen LogP contribution in [0.2, 0.25) is 0 Å². The second-order valence-corrected chi connectivity index (χ2v) is 20.6. The Kier molecular flexibility index (Phi) is 13.7. The fourth-order valence-corrected chi connectivity index (χ4v) is 11.4. The molecule has 0 bridgehead atoms. The number of nitrogens with zero attached hydrogens (tertiary/aromatic N) is 2. The Balaban J connectivity index is 1.11. The summed E-state index contributed by atoms with van der Waals surface area (Å²) in [4.78, 5) is 5.23. The summed E-state index contributed by atoms with van der Waals surface area (Å²) in [7, 11) is 0. The molecule has 2 unspecified atom stereocenters. The highest BCUT2D eigenvalue weighted by Gasteiger charge is 2.45. The average molecular weight is 915 g/mol. The summed E-state index contributed by atoms with van der Waals surface area (Å²) in [6.45, 7) is 21.2. The first-order valence-electron chi connectivity index (χ1n) is 25.6. The van der Waals surface area contributed by atoms with Crippen molar-refractivity contribution in [2.75, 3.05) is 9.80 Å². The van der Waals surface area contributed by atoms with Gasteiger partial charge in [-0.25, -0.2) is 0 Å². The van der Waals surface area contributed by atoms with Crippen LogP contribution in [0.4, 0.5) is 22.7 Å². The van der Waals surface area contributed by atoms with Gasteiger partial charge in [-0.2, -0.15) is 0 Å². The second-order valence-electron chi connectivity index (χ2n) is 20.6. The lowest BCUT2D eigenvalue weighted by Crippen LogP contribution is -2.47. The van der Waals surface area contributed by atoms with E-state index in [1.54, 1.807) is 0 Å². The van der Waals surface area contributed by atoms with E-state index in [0.29, 0.717) is 0 Å². The number of hydrogen-bond acceptors (Lipinski definition) is 2. The molecule has 70 heavy (non-hydrogen) atoms. The summed E-state index contributed by atoms with van der Waals surface area (Å²) in [5.74, 6) is 0.282. The highest BCUT2D eigenvalue weighted by Crippen LogP contribution is 2.54. The summed E-state index contributed by atoms with van der Waals surface area (Å²) in [6.07, 6.45) is 11.8. The zero-order valence-electron chi connectivity index (χ0n) is 42.9. The van der Waals surface area contributed by atoms with Crippen LogP contribution in [0.15, 0.2) is 194 Å². The van der Waals surface area contributed by atoms with Crippen LogP contribution in [0, 0.1) is 19.8 Å². The van der Waals surface area contributed by atoms with Crippen molar-refractivity contribution in [1.29, 1.82) is 0 Å². The van der Waals surface area contributed by atoms with E-state index in [4.69, 9.17) is 0 Å². The number of fused-ring (bicyclic) bond motifs is 3. The lowest BCUT2D eigenvalue weighted by molar-refractivity contribution is 0.301. The van der Waals surface area contributed by atoms with Crippen LogP contribution >= 0.6 is 0 Å². The Morgan fingerprint density at radius 3 is 1.23 bits per heavy atom. The van der Waals surface area contributed by atoms with Crippen molar-refractivity contribution in [3.63, 3.8) is 0 Å². The van der Waals surface area contributed by atoms with Gasteiger partial charge in [0.05, 0.1) is 11.1 Å². The summed E-state index contributed by atoms with van der Waals surface area (Å²) in [5, 5.41) is 0. The van der Waals surface area contributed by atoms with E-state index in [1.807, 2.05) is 0 Å². The van der Waals surface area contributed by atoms with Gasteiger partial charge in [0.15, 0.2) is 0 Å². The third kappa shape index (κ3) is 9.21. The van der Waals surface area contributed by atoms with Gasteiger partial charge in [-0.05, 0) is 144 Å². The molecule has 0 radical (unpaired) electrons. The van der Waals surface area contributed by atoms with Gasteiger partial charge < -0.3 is 9.80 Å². The standard InChI is InChI=1S/C68H70N2/c1-10-46-67(9,69(58-36-22-50(5)23-37-58)59-40-30-54(31-41-59)28-26-52-18-14-12-15-19-52)56-34-44-62-63-45-35-57(48-65(63)66(7,8)64(62)47-56)68(11-2,49(3)4)70(60-38-24-51(6)25-39-60)61-42-32-55(33-43-61)29-27-53-20-16-13-17-21-53/h12-45,47-49H,10-11,46H2,1-9H3/b28-26+,29-27+. The first-order valence-corrected chi connectivity index (χ1v) is 25.6. The first-order chi connectivity index (χ1) is 33.8. The number of benzene rings is 8. The molecule has 0 spiro atoms. The van der Waals surface area contributed by atoms with Gasteiger partial charge in [-0.3, -0.25) is 0 Å². The van der Waals surface area contributed by atoms with Gasteiger partial charge in [-0.1, -0.05) is 229 Å². The van der Waals surface area contributed by atoms with E-state index >= 15 is 0 Å². The molecule has 0 fully saturated rings. The van der Waals surface area contributed by atoms with Crippen LogP contribution in [0.5, 0.6) is 0 Å². The number of hydrogen-bond donors (Lipinski definition) is 0. The molecule has 8 aromatic rings. The Labute approximate surface area is 419 Å². The lowest BCUT2D eigenvalue weighted by Gasteiger charge is -2.49. The van der Waals surface area contributed by atoms with E-state index in [9.17, 15) is 0 Å². The second kappa shape index (κ2) is 20.1. The summed E-state index contributed by atoms with van der Waals surface area (Å²) in [6, 6.07) is 72.5. The molecule has 9 rings (SSSR count). The molecule has 1 aliphatic carbocycles. The maximum atomic E-state index is 2.64. The Morgan fingerprint density at radius 2 is 0.829 bits per heavy atom. The molecule has 0 amide bonds. The predicted octanol–water partition coefficient (Wildman–Crippen LogP) is 18.9. The van der Waals surface area contributed by atoms with Crippen LogP contribution in [0.25, 0.3) is 35.4 Å². The van der Waals surface area contributed by atoms with Crippen molar-refractivity contribution < 1.29 is 0 Å². The minimum atomic E-state index is -0.344. The quantitative estimate of drug-likeness (QED) is 0.0891. The normalized spacial score (nSPS) is 14.6. The molecule has 2 atom stereocenters. The van der Waals surface area contributed by atoms with Gasteiger partial charge in [0.1, 0.15) is 0 Å². The van der Waals surface area contributed by atoms with Gasteiger partial charge in [0.2, 0.25) is 0 Å². The third-order valence-corrected chi connectivity index (χ3v) is 15.3. The maximum absolute atomic E-state index is 2.64. The van der Waals surface area contributed by atoms with Gasteiger partial charge in [0.25, 0.3) is 0 Å². The summed E-state index contributed by atoms with van der Waals surface area (Å²) in [5.41, 5.74) is 19.3. The molecule has 2 nitrogen and oxygen atoms in total. The molecule has 0 aliphatic heterocycles. The van der Waals surface area contributed by atoms with Crippen molar-refractivity contribution in [2.24, 2.45) is 5.92 Å². The zero-order chi connectivity index (χ0) is 49.0. The summed E-state index contributed by atoms with van der Waals surface area (Å²) >= 11 is 0. The van der Waals surface area contributed by atoms with E-state index in [0.717, 1.165) is 19.3 Å². The number of aryl methyl sites for hydroxylation is 2. The van der Waals surface area contributed by atoms with E-state index < -0.39 is 0 Å². The maximum Gasteiger partial charge on any atom is 0.0722 e. The summed E-state index contributed by atoms with van der Waals surface area (Å²) < 4.78 is 0. The molecular weight excluding hydrogens is 845 g/mol. The number of anilines is 4. The van der Waals surface area contributed by atoms with Crippen molar-refractivity contribution in [2.45, 2.75) is 98.1 Å². The van der Waals surface area contributed by atoms with E-state index in [1.165, 1.54) is 89.5 Å². The van der Waals surface area contributed by atoms with Crippen LogP contribution in [0.3, 0.4) is 0 Å². The van der Waals surface area contributed by atoms with Crippen molar-refractivity contribution in [1.82, 2.24) is 0 Å². The van der Waals surface area contributed by atoms with Crippen LogP contribution in [-0.4, -0.2) is 0 Å². The molecule has 8 aromatic carbocycles. The molecule has 0 heterocycles. The largest absolute Gasteiger partial charge is 0.331 e. The van der Waals surface area contributed by atoms with Crippen molar-refractivity contribution >= 4 is 47.1 Å². The molecular formula is C68H70N2. The fraction of sp³-hybridized carbons (Fsp3) is 0.235. The average Bonchev–Trinajstić information content (AvgIpc) is 3.61. The minimum absolute atomic E-state index is 0.233. The SMILES string of the molecule is CCCC(C)(c1ccc2c(c1)C(C)(C)c1cc(C(CC)(C(C)C)N(c3ccc(C)cc3)c3ccc(/C=C/c4ccccc4)cc3)ccc1-2)N(c1ccc(C)cc1)c1ccc(/C=C/c2ccccc2)cc1. The first kappa shape index (κ1) is 47.9. The third-order valence-electron chi connectivity index (χ3n) is 15.3. The smallest absolute Gasteiger partial charge is 0.0722 e. The number of rotatable bonds is 16. The van der Waals surface area contributed by atoms with Crippen LogP contribution in [0.1, 0.15) is 123 Å². The molecule has 352 valence electrons. The van der Waals surface area contributed by atoms with Gasteiger partial charge in [-0.15, -0.1) is 0 Å². The molecule has 0 saturated carbocycles. The zero-order valence-corrected chi connectivity index (χ0v) is 42.9. The topological polar surface area (TPSA) is 6.48 Å².